The third-order valence-electron chi connectivity index (χ3n) is 5.24. The first-order valence-corrected chi connectivity index (χ1v) is 11.2. The molecule has 27 heavy (non-hydrogen) atoms. The monoisotopic (exact) mass is 402 g/mol. The van der Waals surface area contributed by atoms with Crippen LogP contribution in [0.5, 0.6) is 0 Å². The van der Waals surface area contributed by atoms with E-state index in [-0.39, 0.29) is 17.6 Å². The molecule has 1 saturated carbocycles. The van der Waals surface area contributed by atoms with Crippen molar-refractivity contribution in [2.45, 2.75) is 30.2 Å². The SMILES string of the molecule is NC(=O)CSc1ccccc1NC(=O)C[NH+]1CCc2sccc2[C@H]1C1CC1. The van der Waals surface area contributed by atoms with Crippen molar-refractivity contribution in [3.63, 3.8) is 0 Å². The molecule has 4 N–H and O–H groups in total. The predicted octanol–water partition coefficient (Wildman–Crippen LogP) is 1.86. The Hall–Kier alpha value is -1.83. The van der Waals surface area contributed by atoms with E-state index in [4.69, 9.17) is 5.73 Å². The summed E-state index contributed by atoms with van der Waals surface area (Å²) in [6.07, 6.45) is 3.61. The first kappa shape index (κ1) is 18.5. The number of rotatable bonds is 7. The van der Waals surface area contributed by atoms with E-state index in [9.17, 15) is 9.59 Å². The summed E-state index contributed by atoms with van der Waals surface area (Å²) in [7, 11) is 0. The van der Waals surface area contributed by atoms with Gasteiger partial charge < -0.3 is 16.0 Å². The van der Waals surface area contributed by atoms with Crippen LogP contribution in [0.25, 0.3) is 0 Å². The summed E-state index contributed by atoms with van der Waals surface area (Å²) in [4.78, 5) is 27.6. The van der Waals surface area contributed by atoms with Gasteiger partial charge in [-0.3, -0.25) is 9.59 Å². The minimum Gasteiger partial charge on any atom is -0.369 e. The molecule has 2 heterocycles. The number of thiophene rings is 1. The second-order valence-electron chi connectivity index (χ2n) is 7.25. The molecule has 2 aliphatic rings. The highest BCUT2D eigenvalue weighted by Crippen LogP contribution is 2.42. The standard InChI is InChI=1S/C20H23N3O2S2/c21-18(24)12-27-17-4-2-1-3-15(17)22-19(25)11-23-9-7-16-14(8-10-26-16)20(23)13-5-6-13/h1-4,8,10,13,20H,5-7,9,11-12H2,(H2,21,24)(H,22,25)/p+1/t20-/m1/s1. The Morgan fingerprint density at radius 2 is 2.07 bits per heavy atom. The maximum absolute atomic E-state index is 12.8. The number of nitrogens with one attached hydrogen (secondary N) is 2. The molecule has 0 spiro atoms. The van der Waals surface area contributed by atoms with E-state index in [2.05, 4.69) is 16.8 Å². The Kier molecular flexibility index (Phi) is 5.52. The first-order valence-electron chi connectivity index (χ1n) is 9.32. The van der Waals surface area contributed by atoms with Crippen molar-refractivity contribution in [2.24, 2.45) is 11.7 Å². The second-order valence-corrected chi connectivity index (χ2v) is 9.27. The topological polar surface area (TPSA) is 76.6 Å². The van der Waals surface area contributed by atoms with Gasteiger partial charge in [-0.25, -0.2) is 0 Å². The Morgan fingerprint density at radius 1 is 1.26 bits per heavy atom. The molecule has 1 aliphatic heterocycles. The summed E-state index contributed by atoms with van der Waals surface area (Å²) in [5.74, 6) is 0.591. The lowest BCUT2D eigenvalue weighted by molar-refractivity contribution is -0.928. The Morgan fingerprint density at radius 3 is 2.85 bits per heavy atom. The molecule has 1 aromatic carbocycles. The molecule has 142 valence electrons. The van der Waals surface area contributed by atoms with Gasteiger partial charge in [0.1, 0.15) is 6.04 Å². The lowest BCUT2D eigenvalue weighted by atomic mass is 9.96. The number of carbonyl (C=O) groups is 2. The van der Waals surface area contributed by atoms with E-state index < -0.39 is 0 Å². The van der Waals surface area contributed by atoms with Gasteiger partial charge in [0.15, 0.2) is 6.54 Å². The summed E-state index contributed by atoms with van der Waals surface area (Å²) in [6.45, 7) is 1.49. The van der Waals surface area contributed by atoms with Gasteiger partial charge in [-0.2, -0.15) is 0 Å². The lowest BCUT2D eigenvalue weighted by Crippen LogP contribution is -3.14. The highest BCUT2D eigenvalue weighted by molar-refractivity contribution is 8.00. The number of hydrogen-bond acceptors (Lipinski definition) is 4. The zero-order valence-electron chi connectivity index (χ0n) is 15.1. The van der Waals surface area contributed by atoms with Gasteiger partial charge in [0.25, 0.3) is 5.91 Å². The van der Waals surface area contributed by atoms with Crippen LogP contribution < -0.4 is 16.0 Å². The van der Waals surface area contributed by atoms with Crippen molar-refractivity contribution in [3.8, 4) is 0 Å². The molecular formula is C20H24N3O2S2+. The van der Waals surface area contributed by atoms with E-state index in [1.807, 2.05) is 35.6 Å². The van der Waals surface area contributed by atoms with Crippen LogP contribution in [0, 0.1) is 5.92 Å². The quantitative estimate of drug-likeness (QED) is 0.619. The van der Waals surface area contributed by atoms with Crippen molar-refractivity contribution in [2.75, 3.05) is 24.2 Å². The zero-order valence-corrected chi connectivity index (χ0v) is 16.7. The number of para-hydroxylation sites is 1. The number of carbonyl (C=O) groups excluding carboxylic acids is 2. The zero-order chi connectivity index (χ0) is 18.8. The second kappa shape index (κ2) is 8.04. The minimum absolute atomic E-state index is 0.0291. The average molecular weight is 403 g/mol. The van der Waals surface area contributed by atoms with E-state index in [0.29, 0.717) is 12.6 Å². The van der Waals surface area contributed by atoms with Gasteiger partial charge in [-0.05, 0) is 36.4 Å². The molecule has 1 aromatic heterocycles. The number of benzene rings is 1. The molecule has 0 saturated heterocycles. The number of nitrogens with two attached hydrogens (primary N) is 1. The van der Waals surface area contributed by atoms with Gasteiger partial charge >= 0.3 is 0 Å². The molecule has 2 atom stereocenters. The molecule has 4 rings (SSSR count). The van der Waals surface area contributed by atoms with E-state index in [1.54, 1.807) is 0 Å². The molecule has 7 heteroatoms. The van der Waals surface area contributed by atoms with Crippen LogP contribution >= 0.6 is 23.1 Å². The van der Waals surface area contributed by atoms with Gasteiger partial charge in [0.2, 0.25) is 5.91 Å². The third-order valence-corrected chi connectivity index (χ3v) is 7.33. The molecule has 1 unspecified atom stereocenters. The smallest absolute Gasteiger partial charge is 0.279 e. The number of fused-ring (bicyclic) bond motifs is 1. The van der Waals surface area contributed by atoms with Crippen molar-refractivity contribution in [1.82, 2.24) is 0 Å². The van der Waals surface area contributed by atoms with E-state index >= 15 is 0 Å². The molecule has 2 aromatic rings. The molecule has 0 radical (unpaired) electrons. The number of thioether (sulfide) groups is 1. The molecule has 0 bridgehead atoms. The van der Waals surface area contributed by atoms with Crippen LogP contribution in [-0.2, 0) is 16.0 Å². The first-order chi connectivity index (χ1) is 13.1. The molecular weight excluding hydrogens is 378 g/mol. The number of quaternary nitrogens is 1. The van der Waals surface area contributed by atoms with Crippen molar-refractivity contribution >= 4 is 40.6 Å². The lowest BCUT2D eigenvalue weighted by Gasteiger charge is -2.32. The number of amides is 2. The van der Waals surface area contributed by atoms with Gasteiger partial charge in [0.05, 0.1) is 18.0 Å². The maximum Gasteiger partial charge on any atom is 0.279 e. The Bertz CT molecular complexity index is 847. The van der Waals surface area contributed by atoms with Crippen LogP contribution in [0.1, 0.15) is 29.3 Å². The number of primary amides is 1. The molecule has 1 fully saturated rings. The highest BCUT2D eigenvalue weighted by atomic mass is 32.2. The number of anilines is 1. The van der Waals surface area contributed by atoms with E-state index in [0.717, 1.165) is 29.5 Å². The van der Waals surface area contributed by atoms with Crippen LogP contribution in [0.3, 0.4) is 0 Å². The summed E-state index contributed by atoms with van der Waals surface area (Å²) in [6, 6.07) is 10.3. The molecule has 5 nitrogen and oxygen atoms in total. The average Bonchev–Trinajstić information content (AvgIpc) is 3.36. The van der Waals surface area contributed by atoms with Crippen molar-refractivity contribution in [1.29, 1.82) is 0 Å². The van der Waals surface area contributed by atoms with Gasteiger partial charge in [0, 0.05) is 27.7 Å². The summed E-state index contributed by atoms with van der Waals surface area (Å²) >= 11 is 3.21. The predicted molar refractivity (Wildman–Crippen MR) is 109 cm³/mol. The number of hydrogen-bond donors (Lipinski definition) is 3. The summed E-state index contributed by atoms with van der Waals surface area (Å²) in [5, 5.41) is 5.24. The van der Waals surface area contributed by atoms with Gasteiger partial charge in [-0.15, -0.1) is 23.1 Å². The van der Waals surface area contributed by atoms with Crippen LogP contribution in [0.2, 0.25) is 0 Å². The van der Waals surface area contributed by atoms with Crippen LogP contribution in [0.15, 0.2) is 40.6 Å². The van der Waals surface area contributed by atoms with Crippen molar-refractivity contribution < 1.29 is 14.5 Å². The largest absolute Gasteiger partial charge is 0.369 e. The highest BCUT2D eigenvalue weighted by Gasteiger charge is 2.43. The maximum atomic E-state index is 12.8. The molecule has 2 amide bonds. The fourth-order valence-electron chi connectivity index (χ4n) is 3.94. The van der Waals surface area contributed by atoms with Crippen LogP contribution in [-0.4, -0.2) is 30.7 Å². The fraction of sp³-hybridized carbons (Fsp3) is 0.400. The minimum atomic E-state index is -0.363. The van der Waals surface area contributed by atoms with Crippen molar-refractivity contribution in [3.05, 3.63) is 46.2 Å². The Labute approximate surface area is 167 Å². The Balaban J connectivity index is 1.43. The third kappa shape index (κ3) is 4.36. The van der Waals surface area contributed by atoms with Crippen LogP contribution in [0.4, 0.5) is 5.69 Å². The van der Waals surface area contributed by atoms with E-state index in [1.165, 1.54) is 39.9 Å². The van der Waals surface area contributed by atoms with Gasteiger partial charge in [-0.1, -0.05) is 12.1 Å². The normalized spacial score (nSPS) is 21.5. The molecule has 1 aliphatic carbocycles. The summed E-state index contributed by atoms with van der Waals surface area (Å²) in [5.41, 5.74) is 7.47. The summed E-state index contributed by atoms with van der Waals surface area (Å²) < 4.78 is 0. The fourth-order valence-corrected chi connectivity index (χ4v) is 5.62.